The quantitative estimate of drug-likeness (QED) is 0.187. The molecule has 5 heteroatoms. The Morgan fingerprint density at radius 3 is 1.88 bits per heavy atom. The predicted molar refractivity (Wildman–Crippen MR) is 183 cm³/mol. The van der Waals surface area contributed by atoms with E-state index in [0.717, 1.165) is 33.2 Å². The summed E-state index contributed by atoms with van der Waals surface area (Å²) in [5.41, 5.74) is 6.75. The Morgan fingerprint density at radius 2 is 1.23 bits per heavy atom. The van der Waals surface area contributed by atoms with Crippen LogP contribution in [-0.4, -0.2) is 4.57 Å². The summed E-state index contributed by atoms with van der Waals surface area (Å²) in [6.45, 7) is 7.45. The van der Waals surface area contributed by atoms with Crippen LogP contribution in [0.25, 0.3) is 83.8 Å². The molecule has 0 aliphatic carbocycles. The average molecular weight is 582 g/mol. The maximum absolute atomic E-state index is 9.88. The molecule has 9 rings (SSSR count). The summed E-state index contributed by atoms with van der Waals surface area (Å²) in [6, 6.07) is 42.6. The molecule has 0 N–H and O–H groups in total. The maximum atomic E-state index is 9.88. The van der Waals surface area contributed by atoms with Gasteiger partial charge in [-0.1, -0.05) is 72.8 Å². The second kappa shape index (κ2) is 9.02. The van der Waals surface area contributed by atoms with E-state index in [1.807, 2.05) is 35.6 Å². The van der Waals surface area contributed by atoms with Crippen molar-refractivity contribution in [1.82, 2.24) is 4.57 Å². The normalized spacial score (nSPS) is 11.7. The molecule has 0 saturated heterocycles. The Bertz CT molecular complexity index is 2650. The lowest BCUT2D eigenvalue weighted by Crippen LogP contribution is -1.98. The number of fused-ring (bicyclic) bond motifs is 10. The first-order chi connectivity index (χ1) is 21.2. The molecule has 0 amide bonds. The van der Waals surface area contributed by atoms with Gasteiger partial charge in [0, 0.05) is 41.9 Å². The first kappa shape index (κ1) is 24.2. The number of aromatic nitrogens is 1. The molecular formula is C38H19N3S2. The van der Waals surface area contributed by atoms with E-state index in [4.69, 9.17) is 6.57 Å². The Balaban J connectivity index is 1.31. The molecule has 0 atom stereocenters. The zero-order valence-electron chi connectivity index (χ0n) is 22.6. The van der Waals surface area contributed by atoms with E-state index in [2.05, 4.69) is 106 Å². The smallest absolute Gasteiger partial charge is 0.187 e. The number of para-hydroxylation sites is 2. The van der Waals surface area contributed by atoms with Gasteiger partial charge in [-0.05, 0) is 53.4 Å². The fourth-order valence-corrected chi connectivity index (χ4v) is 9.01. The molecule has 3 aromatic heterocycles. The van der Waals surface area contributed by atoms with E-state index in [9.17, 15) is 5.26 Å². The van der Waals surface area contributed by atoms with Crippen molar-refractivity contribution >= 4 is 90.5 Å². The summed E-state index contributed by atoms with van der Waals surface area (Å²) in [4.78, 5) is 3.65. The molecule has 0 unspecified atom stereocenters. The summed E-state index contributed by atoms with van der Waals surface area (Å²) < 4.78 is 7.33. The third kappa shape index (κ3) is 3.44. The highest BCUT2D eigenvalue weighted by atomic mass is 32.1. The van der Waals surface area contributed by atoms with Crippen LogP contribution in [0.3, 0.4) is 0 Å². The third-order valence-corrected chi connectivity index (χ3v) is 11.0. The van der Waals surface area contributed by atoms with Crippen LogP contribution >= 0.6 is 22.7 Å². The van der Waals surface area contributed by atoms with Crippen LogP contribution in [-0.2, 0) is 0 Å². The molecule has 9 aromatic rings. The minimum atomic E-state index is 0.635. The van der Waals surface area contributed by atoms with Gasteiger partial charge in [0.1, 0.15) is 0 Å². The van der Waals surface area contributed by atoms with Crippen LogP contribution in [0, 0.1) is 17.9 Å². The summed E-state index contributed by atoms with van der Waals surface area (Å²) in [7, 11) is 0. The number of thiophene rings is 2. The van der Waals surface area contributed by atoms with E-state index >= 15 is 0 Å². The van der Waals surface area contributed by atoms with Gasteiger partial charge >= 0.3 is 0 Å². The molecule has 43 heavy (non-hydrogen) atoms. The van der Waals surface area contributed by atoms with Crippen LogP contribution in [0.5, 0.6) is 0 Å². The minimum Gasteiger partial charge on any atom is -0.309 e. The largest absolute Gasteiger partial charge is 0.309 e. The van der Waals surface area contributed by atoms with Gasteiger partial charge in [-0.2, -0.15) is 5.26 Å². The summed E-state index contributed by atoms with van der Waals surface area (Å²) in [5, 5.41) is 17.1. The van der Waals surface area contributed by atoms with Gasteiger partial charge in [-0.15, -0.1) is 22.7 Å². The molecule has 0 saturated carbocycles. The van der Waals surface area contributed by atoms with Crippen LogP contribution in [0.15, 0.2) is 115 Å². The molecule has 0 fully saturated rings. The third-order valence-electron chi connectivity index (χ3n) is 8.45. The van der Waals surface area contributed by atoms with Crippen LogP contribution < -0.4 is 0 Å². The molecule has 0 bridgehead atoms. The first-order valence-corrected chi connectivity index (χ1v) is 15.6. The molecule has 0 aliphatic rings. The van der Waals surface area contributed by atoms with E-state index in [1.165, 1.54) is 45.7 Å². The van der Waals surface area contributed by atoms with Gasteiger partial charge < -0.3 is 4.57 Å². The van der Waals surface area contributed by atoms with Crippen molar-refractivity contribution in [2.45, 2.75) is 0 Å². The second-order valence-corrected chi connectivity index (χ2v) is 12.8. The highest BCUT2D eigenvalue weighted by Crippen LogP contribution is 2.46. The predicted octanol–water partition coefficient (Wildman–Crippen LogP) is 11.6. The Hall–Kier alpha value is -5.46. The number of nitriles is 1. The topological polar surface area (TPSA) is 33.1 Å². The average Bonchev–Trinajstić information content (AvgIpc) is 3.73. The standard InChI is InChI=1S/C38H19N3S2/c1-40-24-12-17-36-31(20-24)29-15-14-28-30-19-23(11-16-35(30)42-37(28)38(29)43-36)25-13-10-22(21-39)18-34(25)41-32-8-4-2-6-26(32)27-7-3-5-9-33(27)41/h2-20H. The molecule has 0 aliphatic heterocycles. The van der Waals surface area contributed by atoms with Crippen LogP contribution in [0.4, 0.5) is 5.69 Å². The number of rotatable bonds is 2. The summed E-state index contributed by atoms with van der Waals surface area (Å²) in [6.07, 6.45) is 0. The van der Waals surface area contributed by atoms with Gasteiger partial charge in [0.15, 0.2) is 5.69 Å². The molecule has 3 nitrogen and oxygen atoms in total. The SMILES string of the molecule is [C-]#[N+]c1ccc2sc3c(ccc4c5cc(-c6ccc(C#N)cc6-n6c7ccccc7c7ccccc76)ccc5sc43)c2c1. The van der Waals surface area contributed by atoms with Gasteiger partial charge in [0.25, 0.3) is 0 Å². The van der Waals surface area contributed by atoms with Crippen molar-refractivity contribution < 1.29 is 0 Å². The summed E-state index contributed by atoms with van der Waals surface area (Å²) >= 11 is 3.64. The van der Waals surface area contributed by atoms with Crippen molar-refractivity contribution in [3.05, 3.63) is 132 Å². The lowest BCUT2D eigenvalue weighted by atomic mass is 9.99. The minimum absolute atomic E-state index is 0.635. The number of hydrogen-bond acceptors (Lipinski definition) is 3. The van der Waals surface area contributed by atoms with E-state index in [0.29, 0.717) is 11.3 Å². The Morgan fingerprint density at radius 1 is 0.605 bits per heavy atom. The molecule has 3 heterocycles. The Labute approximate surface area is 254 Å². The zero-order valence-corrected chi connectivity index (χ0v) is 24.3. The molecule has 198 valence electrons. The number of hydrogen-bond donors (Lipinski definition) is 0. The van der Waals surface area contributed by atoms with Gasteiger partial charge in [-0.3, -0.25) is 0 Å². The molecule has 0 spiro atoms. The monoisotopic (exact) mass is 581 g/mol. The lowest BCUT2D eigenvalue weighted by molar-refractivity contribution is 1.18. The van der Waals surface area contributed by atoms with Crippen LogP contribution in [0.1, 0.15) is 5.56 Å². The Kier molecular flexibility index (Phi) is 5.07. The van der Waals surface area contributed by atoms with Crippen molar-refractivity contribution in [3.63, 3.8) is 0 Å². The van der Waals surface area contributed by atoms with Crippen molar-refractivity contribution in [2.24, 2.45) is 0 Å². The van der Waals surface area contributed by atoms with E-state index in [1.54, 1.807) is 11.3 Å². The van der Waals surface area contributed by atoms with E-state index in [-0.39, 0.29) is 0 Å². The van der Waals surface area contributed by atoms with Crippen LogP contribution in [0.2, 0.25) is 0 Å². The highest BCUT2D eigenvalue weighted by Gasteiger charge is 2.18. The zero-order chi connectivity index (χ0) is 28.7. The fraction of sp³-hybridized carbons (Fsp3) is 0. The van der Waals surface area contributed by atoms with Gasteiger partial charge in [0.2, 0.25) is 0 Å². The van der Waals surface area contributed by atoms with Crippen molar-refractivity contribution in [1.29, 1.82) is 5.26 Å². The summed E-state index contributed by atoms with van der Waals surface area (Å²) in [5.74, 6) is 0. The van der Waals surface area contributed by atoms with Crippen molar-refractivity contribution in [3.8, 4) is 22.9 Å². The van der Waals surface area contributed by atoms with E-state index < -0.39 is 0 Å². The fourth-order valence-electron chi connectivity index (χ4n) is 6.51. The lowest BCUT2D eigenvalue weighted by Gasteiger charge is -2.15. The van der Waals surface area contributed by atoms with Gasteiger partial charge in [0.05, 0.1) is 44.3 Å². The highest BCUT2D eigenvalue weighted by molar-refractivity contribution is 7.33. The molecular weight excluding hydrogens is 563 g/mol. The number of nitrogens with zero attached hydrogens (tertiary/aromatic N) is 3. The number of benzene rings is 6. The first-order valence-electron chi connectivity index (χ1n) is 13.9. The maximum Gasteiger partial charge on any atom is 0.187 e. The molecule has 6 aromatic carbocycles. The molecule has 0 radical (unpaired) electrons. The van der Waals surface area contributed by atoms with Gasteiger partial charge in [-0.25, -0.2) is 4.85 Å². The second-order valence-electron chi connectivity index (χ2n) is 10.7. The van der Waals surface area contributed by atoms with Crippen molar-refractivity contribution in [2.75, 3.05) is 0 Å².